The summed E-state index contributed by atoms with van der Waals surface area (Å²) >= 11 is 0. The first-order valence-corrected chi connectivity index (χ1v) is 6.82. The summed E-state index contributed by atoms with van der Waals surface area (Å²) < 4.78 is 0. The molecule has 0 aliphatic carbocycles. The number of carboxylic acids is 1. The van der Waals surface area contributed by atoms with Gasteiger partial charge in [0.25, 0.3) is 0 Å². The monoisotopic (exact) mass is 295 g/mol. The lowest BCUT2D eigenvalue weighted by molar-refractivity contribution is -0.141. The molecule has 0 bridgehead atoms. The first kappa shape index (κ1) is 16.8. The van der Waals surface area contributed by atoms with E-state index in [1.54, 1.807) is 12.4 Å². The molecule has 0 unspecified atom stereocenters. The number of hydrogen-bond donors (Lipinski definition) is 4. The number of nitrogens with one attached hydrogen (secondary N) is 2. The minimum absolute atomic E-state index is 0.249. The Morgan fingerprint density at radius 2 is 2.05 bits per heavy atom. The summed E-state index contributed by atoms with van der Waals surface area (Å²) in [5.41, 5.74) is 5.73. The molecule has 1 heterocycles. The van der Waals surface area contributed by atoms with E-state index < -0.39 is 17.9 Å². The van der Waals surface area contributed by atoms with Gasteiger partial charge in [0.1, 0.15) is 6.04 Å². The van der Waals surface area contributed by atoms with Gasteiger partial charge in [-0.05, 0) is 6.42 Å². The van der Waals surface area contributed by atoms with Crippen molar-refractivity contribution in [3.05, 3.63) is 18.0 Å². The van der Waals surface area contributed by atoms with Gasteiger partial charge in [-0.25, -0.2) is 9.97 Å². The molecule has 1 atom stereocenters. The van der Waals surface area contributed by atoms with Crippen LogP contribution in [0.1, 0.15) is 31.7 Å². The fourth-order valence-corrected chi connectivity index (χ4v) is 1.60. The zero-order valence-electron chi connectivity index (χ0n) is 12.0. The summed E-state index contributed by atoms with van der Waals surface area (Å²) in [5, 5.41) is 14.8. The molecular formula is C13H21N5O3. The average Bonchev–Trinajstić information content (AvgIpc) is 2.44. The van der Waals surface area contributed by atoms with E-state index in [1.807, 2.05) is 0 Å². The smallest absolute Gasteiger partial charge is 0.321 e. The number of rotatable bonds is 10. The average molecular weight is 295 g/mol. The van der Waals surface area contributed by atoms with Crippen molar-refractivity contribution in [1.82, 2.24) is 15.3 Å². The van der Waals surface area contributed by atoms with Gasteiger partial charge in [-0.1, -0.05) is 13.3 Å². The third kappa shape index (κ3) is 6.66. The molecular weight excluding hydrogens is 274 g/mol. The molecule has 5 N–H and O–H groups in total. The van der Waals surface area contributed by atoms with Crippen LogP contribution in [-0.2, 0) is 16.1 Å². The second kappa shape index (κ2) is 8.85. The van der Waals surface area contributed by atoms with Gasteiger partial charge >= 0.3 is 5.97 Å². The highest BCUT2D eigenvalue weighted by Gasteiger charge is 2.19. The van der Waals surface area contributed by atoms with Crippen LogP contribution in [0, 0.1) is 0 Å². The number of carbonyl (C=O) groups excluding carboxylic acids is 1. The molecule has 1 amide bonds. The summed E-state index contributed by atoms with van der Waals surface area (Å²) in [7, 11) is 0. The van der Waals surface area contributed by atoms with Crippen LogP contribution in [0.4, 0.5) is 5.95 Å². The zero-order valence-corrected chi connectivity index (χ0v) is 12.0. The van der Waals surface area contributed by atoms with Crippen molar-refractivity contribution in [2.75, 3.05) is 11.9 Å². The Balaban J connectivity index is 2.47. The molecule has 0 spiro atoms. The van der Waals surface area contributed by atoms with E-state index in [4.69, 9.17) is 10.8 Å². The van der Waals surface area contributed by atoms with Gasteiger partial charge in [0.05, 0.1) is 6.42 Å². The molecule has 1 rings (SSSR count). The van der Waals surface area contributed by atoms with Crippen molar-refractivity contribution in [3.8, 4) is 0 Å². The Morgan fingerprint density at radius 1 is 1.38 bits per heavy atom. The van der Waals surface area contributed by atoms with Crippen LogP contribution in [0.25, 0.3) is 0 Å². The maximum absolute atomic E-state index is 10.9. The van der Waals surface area contributed by atoms with Gasteiger partial charge in [-0.15, -0.1) is 0 Å². The molecule has 0 saturated heterocycles. The Labute approximate surface area is 123 Å². The van der Waals surface area contributed by atoms with Crippen LogP contribution in [0.2, 0.25) is 0 Å². The maximum atomic E-state index is 10.9. The number of carboxylic acid groups (broad SMARTS) is 1. The molecule has 116 valence electrons. The number of amides is 1. The van der Waals surface area contributed by atoms with E-state index in [0.29, 0.717) is 5.95 Å². The highest BCUT2D eigenvalue weighted by Crippen LogP contribution is 2.02. The molecule has 8 nitrogen and oxygen atoms in total. The topological polar surface area (TPSA) is 130 Å². The Morgan fingerprint density at radius 3 is 2.57 bits per heavy atom. The molecule has 21 heavy (non-hydrogen) atoms. The van der Waals surface area contributed by atoms with Gasteiger partial charge < -0.3 is 16.2 Å². The number of aliphatic carboxylic acids is 1. The van der Waals surface area contributed by atoms with Crippen LogP contribution >= 0.6 is 0 Å². The summed E-state index contributed by atoms with van der Waals surface area (Å²) in [4.78, 5) is 30.0. The fourth-order valence-electron chi connectivity index (χ4n) is 1.60. The molecule has 0 saturated carbocycles. The number of unbranched alkanes of at least 4 members (excludes halogenated alkanes) is 1. The van der Waals surface area contributed by atoms with Crippen LogP contribution in [0.15, 0.2) is 12.4 Å². The second-order valence-electron chi connectivity index (χ2n) is 4.64. The molecule has 0 aliphatic heterocycles. The molecule has 1 aromatic heterocycles. The Bertz CT molecular complexity index is 463. The predicted octanol–water partition coefficient (Wildman–Crippen LogP) is 0.107. The van der Waals surface area contributed by atoms with E-state index >= 15 is 0 Å². The minimum Gasteiger partial charge on any atom is -0.480 e. The first-order chi connectivity index (χ1) is 10.0. The summed E-state index contributed by atoms with van der Waals surface area (Å²) in [5.74, 6) is -1.24. The largest absolute Gasteiger partial charge is 0.480 e. The number of nitrogens with two attached hydrogens (primary N) is 1. The van der Waals surface area contributed by atoms with Crippen molar-refractivity contribution in [3.63, 3.8) is 0 Å². The summed E-state index contributed by atoms with van der Waals surface area (Å²) in [6.07, 6.45) is 5.09. The van der Waals surface area contributed by atoms with Gasteiger partial charge in [-0.3, -0.25) is 14.9 Å². The predicted molar refractivity (Wildman–Crippen MR) is 77.5 cm³/mol. The molecule has 0 radical (unpaired) electrons. The first-order valence-electron chi connectivity index (χ1n) is 6.82. The van der Waals surface area contributed by atoms with E-state index in [9.17, 15) is 9.59 Å². The summed E-state index contributed by atoms with van der Waals surface area (Å²) in [6.45, 7) is 3.16. The second-order valence-corrected chi connectivity index (χ2v) is 4.64. The van der Waals surface area contributed by atoms with Crippen molar-refractivity contribution in [2.45, 2.75) is 38.8 Å². The highest BCUT2D eigenvalue weighted by molar-refractivity contribution is 5.83. The molecule has 1 aromatic rings. The van der Waals surface area contributed by atoms with Crippen LogP contribution < -0.4 is 16.4 Å². The lowest BCUT2D eigenvalue weighted by Crippen LogP contribution is -2.39. The van der Waals surface area contributed by atoms with Crippen LogP contribution in [0.3, 0.4) is 0 Å². The van der Waals surface area contributed by atoms with Gasteiger partial charge in [0, 0.05) is 31.0 Å². The zero-order chi connectivity index (χ0) is 15.7. The molecule has 0 fully saturated rings. The fraction of sp³-hybridized carbons (Fsp3) is 0.538. The third-order valence-electron chi connectivity index (χ3n) is 2.77. The van der Waals surface area contributed by atoms with Crippen LogP contribution in [0.5, 0.6) is 0 Å². The van der Waals surface area contributed by atoms with Crippen molar-refractivity contribution in [2.24, 2.45) is 5.73 Å². The molecule has 0 aliphatic rings. The highest BCUT2D eigenvalue weighted by atomic mass is 16.4. The lowest BCUT2D eigenvalue weighted by atomic mass is 10.2. The summed E-state index contributed by atoms with van der Waals surface area (Å²) in [6, 6.07) is -1.01. The minimum atomic E-state index is -1.12. The lowest BCUT2D eigenvalue weighted by Gasteiger charge is -2.12. The Hall–Kier alpha value is -2.22. The normalized spacial score (nSPS) is 11.9. The van der Waals surface area contributed by atoms with Crippen molar-refractivity contribution >= 4 is 17.8 Å². The van der Waals surface area contributed by atoms with E-state index in [0.717, 1.165) is 24.9 Å². The van der Waals surface area contributed by atoms with E-state index in [2.05, 4.69) is 27.5 Å². The van der Waals surface area contributed by atoms with E-state index in [-0.39, 0.29) is 13.0 Å². The third-order valence-corrected chi connectivity index (χ3v) is 2.77. The quantitative estimate of drug-likeness (QED) is 0.450. The van der Waals surface area contributed by atoms with Crippen molar-refractivity contribution in [1.29, 1.82) is 0 Å². The standard InChI is InChI=1S/C13H21N5O3/c1-2-3-4-15-13-17-7-9(8-18-13)6-16-10(12(20)21)5-11(14)19/h7-8,10,16H,2-6H2,1H3,(H2,14,19)(H,20,21)(H,15,17,18)/t10-/m0/s1. The molecule has 0 aromatic carbocycles. The number of anilines is 1. The van der Waals surface area contributed by atoms with Gasteiger partial charge in [0.15, 0.2) is 0 Å². The Kier molecular flexibility index (Phi) is 7.10. The van der Waals surface area contributed by atoms with E-state index in [1.165, 1.54) is 0 Å². The number of primary amides is 1. The number of carbonyl (C=O) groups is 2. The number of hydrogen-bond acceptors (Lipinski definition) is 6. The van der Waals surface area contributed by atoms with Gasteiger partial charge in [0.2, 0.25) is 11.9 Å². The van der Waals surface area contributed by atoms with Gasteiger partial charge in [-0.2, -0.15) is 0 Å². The van der Waals surface area contributed by atoms with Crippen LogP contribution in [-0.4, -0.2) is 39.5 Å². The SMILES string of the molecule is CCCCNc1ncc(CN[C@@H](CC(N)=O)C(=O)O)cn1. The number of nitrogens with zero attached hydrogens (tertiary/aromatic N) is 2. The maximum Gasteiger partial charge on any atom is 0.321 e. The number of aromatic nitrogens is 2. The van der Waals surface area contributed by atoms with Crippen molar-refractivity contribution < 1.29 is 14.7 Å². The molecule has 8 heteroatoms.